The van der Waals surface area contributed by atoms with Crippen LogP contribution in [0.1, 0.15) is 44.5 Å². The Balaban J connectivity index is 1.40. The van der Waals surface area contributed by atoms with E-state index in [9.17, 15) is 0 Å². The van der Waals surface area contributed by atoms with Crippen LogP contribution in [0.3, 0.4) is 0 Å². The lowest BCUT2D eigenvalue weighted by Crippen LogP contribution is -2.10. The van der Waals surface area contributed by atoms with Crippen LogP contribution >= 0.6 is 0 Å². The predicted molar refractivity (Wildman–Crippen MR) is 148 cm³/mol. The molecule has 0 nitrogen and oxygen atoms in total. The second-order valence-electron chi connectivity index (χ2n) is 9.53. The highest BCUT2D eigenvalue weighted by Crippen LogP contribution is 2.44. The molecule has 4 aromatic carbocycles. The van der Waals surface area contributed by atoms with Crippen molar-refractivity contribution < 1.29 is 0 Å². The number of allylic oxidation sites excluding steroid dienone is 4. The summed E-state index contributed by atoms with van der Waals surface area (Å²) in [5.41, 5.74) is 12.0. The molecule has 0 saturated heterocycles. The van der Waals surface area contributed by atoms with Crippen LogP contribution in [0.5, 0.6) is 0 Å². The summed E-state index contributed by atoms with van der Waals surface area (Å²) >= 11 is 0. The summed E-state index contributed by atoms with van der Waals surface area (Å²) in [5, 5.41) is 2.78. The van der Waals surface area contributed by atoms with Crippen molar-refractivity contribution in [2.75, 3.05) is 0 Å². The quantitative estimate of drug-likeness (QED) is 0.280. The molecule has 0 radical (unpaired) electrons. The van der Waals surface area contributed by atoms with Crippen molar-refractivity contribution in [1.29, 1.82) is 0 Å². The highest BCUT2D eigenvalue weighted by Gasteiger charge is 2.24. The van der Waals surface area contributed by atoms with Crippen molar-refractivity contribution in [3.05, 3.63) is 136 Å². The van der Waals surface area contributed by atoms with Crippen molar-refractivity contribution in [3.63, 3.8) is 0 Å². The van der Waals surface area contributed by atoms with E-state index < -0.39 is 0 Å². The maximum absolute atomic E-state index is 2.44. The third kappa shape index (κ3) is 3.76. The van der Waals surface area contributed by atoms with Gasteiger partial charge in [0.05, 0.1) is 0 Å². The zero-order chi connectivity index (χ0) is 23.1. The molecule has 4 aromatic rings. The van der Waals surface area contributed by atoms with E-state index in [4.69, 9.17) is 0 Å². The molecule has 164 valence electrons. The maximum atomic E-state index is 2.44. The van der Waals surface area contributed by atoms with Gasteiger partial charge in [0.2, 0.25) is 0 Å². The fourth-order valence-electron chi connectivity index (χ4n) is 5.18. The fraction of sp³-hybridized carbons (Fsp3) is 0.118. The minimum Gasteiger partial charge on any atom is -0.0753 e. The van der Waals surface area contributed by atoms with Crippen LogP contribution in [0.2, 0.25) is 0 Å². The molecule has 2 aliphatic carbocycles. The molecule has 34 heavy (non-hydrogen) atoms. The van der Waals surface area contributed by atoms with Crippen LogP contribution in [-0.2, 0) is 6.42 Å². The van der Waals surface area contributed by atoms with Crippen LogP contribution in [0.4, 0.5) is 0 Å². The smallest absolute Gasteiger partial charge is 0.0208 e. The lowest BCUT2D eigenvalue weighted by molar-refractivity contribution is 1.07. The van der Waals surface area contributed by atoms with Gasteiger partial charge in [-0.1, -0.05) is 126 Å². The van der Waals surface area contributed by atoms with Gasteiger partial charge in [0, 0.05) is 5.92 Å². The predicted octanol–water partition coefficient (Wildman–Crippen LogP) is 8.92. The van der Waals surface area contributed by atoms with Gasteiger partial charge in [-0.2, -0.15) is 0 Å². The summed E-state index contributed by atoms with van der Waals surface area (Å²) in [6, 6.07) is 26.7. The first-order valence-corrected chi connectivity index (χ1v) is 12.1. The summed E-state index contributed by atoms with van der Waals surface area (Å²) < 4.78 is 0. The Labute approximate surface area is 202 Å². The molecule has 0 amide bonds. The largest absolute Gasteiger partial charge is 0.0753 e. The Morgan fingerprint density at radius 2 is 1.41 bits per heavy atom. The third-order valence-electron chi connectivity index (χ3n) is 7.11. The molecule has 1 unspecified atom stereocenters. The van der Waals surface area contributed by atoms with Crippen molar-refractivity contribution >= 4 is 40.6 Å². The Morgan fingerprint density at radius 1 is 0.706 bits per heavy atom. The monoisotopic (exact) mass is 436 g/mol. The molecule has 2 aliphatic rings. The number of hydrogen-bond acceptors (Lipinski definition) is 0. The second kappa shape index (κ2) is 8.47. The Kier molecular flexibility index (Phi) is 5.15. The van der Waals surface area contributed by atoms with E-state index in [0.717, 1.165) is 6.42 Å². The zero-order valence-corrected chi connectivity index (χ0v) is 19.8. The third-order valence-corrected chi connectivity index (χ3v) is 7.11. The number of hydrogen-bond donors (Lipinski definition) is 0. The van der Waals surface area contributed by atoms with Crippen LogP contribution in [0, 0.1) is 19.8 Å². The molecule has 0 saturated carbocycles. The van der Waals surface area contributed by atoms with Gasteiger partial charge in [-0.25, -0.2) is 0 Å². The molecule has 0 heteroatoms. The van der Waals surface area contributed by atoms with Crippen LogP contribution in [-0.4, -0.2) is 0 Å². The molecule has 0 aliphatic heterocycles. The van der Waals surface area contributed by atoms with E-state index >= 15 is 0 Å². The normalized spacial score (nSPS) is 16.5. The number of aryl methyl sites for hydroxylation is 2. The number of rotatable bonds is 4. The van der Waals surface area contributed by atoms with E-state index in [-0.39, 0.29) is 0 Å². The average molecular weight is 437 g/mol. The maximum Gasteiger partial charge on any atom is 0.0208 e. The van der Waals surface area contributed by atoms with Gasteiger partial charge in [0.15, 0.2) is 0 Å². The summed E-state index contributed by atoms with van der Waals surface area (Å²) in [6.45, 7) is 4.26. The molecule has 0 heterocycles. The first-order chi connectivity index (χ1) is 16.7. The van der Waals surface area contributed by atoms with E-state index in [1.807, 2.05) is 0 Å². The minimum absolute atomic E-state index is 0.305. The summed E-state index contributed by atoms with van der Waals surface area (Å²) in [4.78, 5) is 0. The molecule has 0 aromatic heterocycles. The van der Waals surface area contributed by atoms with Gasteiger partial charge in [-0.15, -0.1) is 0 Å². The Bertz CT molecular complexity index is 1500. The molecular formula is C34H28. The second-order valence-corrected chi connectivity index (χ2v) is 9.53. The first-order valence-electron chi connectivity index (χ1n) is 12.1. The van der Waals surface area contributed by atoms with Gasteiger partial charge >= 0.3 is 0 Å². The van der Waals surface area contributed by atoms with Crippen LogP contribution in [0.25, 0.3) is 40.6 Å². The van der Waals surface area contributed by atoms with Crippen LogP contribution in [0.15, 0.2) is 91.0 Å². The fourth-order valence-corrected chi connectivity index (χ4v) is 5.18. The van der Waals surface area contributed by atoms with Crippen molar-refractivity contribution in [3.8, 4) is 0 Å². The van der Waals surface area contributed by atoms with Crippen molar-refractivity contribution in [2.24, 2.45) is 5.92 Å². The molecular weight excluding hydrogens is 408 g/mol. The lowest BCUT2D eigenvalue weighted by atomic mass is 9.76. The lowest BCUT2D eigenvalue weighted by Gasteiger charge is -2.28. The van der Waals surface area contributed by atoms with Gasteiger partial charge in [-0.3, -0.25) is 0 Å². The van der Waals surface area contributed by atoms with E-state index in [2.05, 4.69) is 129 Å². The minimum atomic E-state index is 0.305. The highest BCUT2D eigenvalue weighted by molar-refractivity contribution is 6.06. The van der Waals surface area contributed by atoms with E-state index in [0.29, 0.717) is 5.92 Å². The molecule has 0 N–H and O–H groups in total. The average Bonchev–Trinajstić information content (AvgIpc) is 2.87. The standard InChI is InChI=1S/C34H28/c1-23-3-7-25(8-4-23)11-13-27-15-17-29-20-22-32-28(14-12-26-9-5-24(2)6-10-26)16-18-30-19-21-31(27)33(29)34(30)32/h3-19,21-22,28H,20H2,1-2H3/b13-11+,14-12+. The van der Waals surface area contributed by atoms with Crippen molar-refractivity contribution in [2.45, 2.75) is 20.3 Å². The summed E-state index contributed by atoms with van der Waals surface area (Å²) in [5.74, 6) is 0.305. The molecule has 0 spiro atoms. The Hall–Kier alpha value is -3.90. The first kappa shape index (κ1) is 20.7. The van der Waals surface area contributed by atoms with E-state index in [1.54, 1.807) is 0 Å². The SMILES string of the molecule is Cc1ccc(/C=C/c2ccc3c4c5c(ccc24)C=CC(/C=C/c2ccc(C)cc2)C5=CC3)cc1. The summed E-state index contributed by atoms with van der Waals surface area (Å²) in [7, 11) is 0. The molecule has 0 bridgehead atoms. The molecule has 0 fully saturated rings. The van der Waals surface area contributed by atoms with Crippen molar-refractivity contribution in [1.82, 2.24) is 0 Å². The Morgan fingerprint density at radius 3 is 2.15 bits per heavy atom. The van der Waals surface area contributed by atoms with Gasteiger partial charge in [0.1, 0.15) is 0 Å². The number of benzene rings is 4. The van der Waals surface area contributed by atoms with Gasteiger partial charge in [-0.05, 0) is 70.0 Å². The van der Waals surface area contributed by atoms with Gasteiger partial charge < -0.3 is 0 Å². The summed E-state index contributed by atoms with van der Waals surface area (Å²) in [6.07, 6.45) is 17.2. The highest BCUT2D eigenvalue weighted by atomic mass is 14.3. The topological polar surface area (TPSA) is 0 Å². The molecule has 1 atom stereocenters. The zero-order valence-electron chi connectivity index (χ0n) is 19.8. The van der Waals surface area contributed by atoms with E-state index in [1.165, 1.54) is 60.9 Å². The molecule has 6 rings (SSSR count). The van der Waals surface area contributed by atoms with Crippen LogP contribution < -0.4 is 0 Å². The van der Waals surface area contributed by atoms with Gasteiger partial charge in [0.25, 0.3) is 0 Å².